The predicted octanol–water partition coefficient (Wildman–Crippen LogP) is 2.87. The maximum absolute atomic E-state index is 5.74. The minimum absolute atomic E-state index is 0.326. The zero-order chi connectivity index (χ0) is 13.5. The van der Waals surface area contributed by atoms with Gasteiger partial charge in [-0.25, -0.2) is 0 Å². The zero-order valence-electron chi connectivity index (χ0n) is 11.8. The van der Waals surface area contributed by atoms with Crippen molar-refractivity contribution in [3.05, 3.63) is 6.07 Å². The van der Waals surface area contributed by atoms with Crippen molar-refractivity contribution in [2.45, 2.75) is 45.4 Å². The van der Waals surface area contributed by atoms with Gasteiger partial charge in [-0.3, -0.25) is 0 Å². The maximum Gasteiger partial charge on any atom is 0.223 e. The Morgan fingerprint density at radius 2 is 1.84 bits per heavy atom. The van der Waals surface area contributed by atoms with Crippen LogP contribution in [0, 0.1) is 5.92 Å². The first kappa shape index (κ1) is 13.9. The molecule has 0 radical (unpaired) electrons. The molecule has 0 saturated heterocycles. The van der Waals surface area contributed by atoms with Gasteiger partial charge in [0, 0.05) is 19.2 Å². The van der Waals surface area contributed by atoms with E-state index >= 15 is 0 Å². The lowest BCUT2D eigenvalue weighted by molar-refractivity contribution is 0.373. The van der Waals surface area contributed by atoms with E-state index in [1.807, 2.05) is 6.07 Å². The molecule has 19 heavy (non-hydrogen) atoms. The Kier molecular flexibility index (Phi) is 5.24. The van der Waals surface area contributed by atoms with Crippen LogP contribution in [-0.4, -0.2) is 23.1 Å². The van der Waals surface area contributed by atoms with E-state index in [-0.39, 0.29) is 0 Å². The fourth-order valence-electron chi connectivity index (χ4n) is 2.54. The summed E-state index contributed by atoms with van der Waals surface area (Å²) < 4.78 is 0. The number of rotatable bonds is 6. The number of hydrogen-bond donors (Lipinski definition) is 3. The molecule has 1 aliphatic carbocycles. The Labute approximate surface area is 115 Å². The molecule has 0 spiro atoms. The van der Waals surface area contributed by atoms with Crippen LogP contribution in [0.2, 0.25) is 0 Å². The molecule has 0 aromatic carbocycles. The van der Waals surface area contributed by atoms with E-state index in [0.29, 0.717) is 5.95 Å². The molecule has 2 rings (SSSR count). The van der Waals surface area contributed by atoms with Crippen LogP contribution in [-0.2, 0) is 0 Å². The quantitative estimate of drug-likeness (QED) is 0.735. The predicted molar refractivity (Wildman–Crippen MR) is 80.3 cm³/mol. The smallest absolute Gasteiger partial charge is 0.223 e. The van der Waals surface area contributed by atoms with Gasteiger partial charge in [0.15, 0.2) is 0 Å². The standard InChI is InChI=1S/C14H25N5/c1-2-8-16-12-9-13(19-14(15)18-12)17-10-11-6-4-3-5-7-11/h9,11H,2-8,10H2,1H3,(H4,15,16,17,18,19). The zero-order valence-corrected chi connectivity index (χ0v) is 11.8. The van der Waals surface area contributed by atoms with Gasteiger partial charge in [0.2, 0.25) is 5.95 Å². The Balaban J connectivity index is 1.89. The number of aromatic nitrogens is 2. The summed E-state index contributed by atoms with van der Waals surface area (Å²) in [4.78, 5) is 8.42. The second kappa shape index (κ2) is 7.16. The van der Waals surface area contributed by atoms with Crippen LogP contribution in [0.4, 0.5) is 17.6 Å². The molecule has 1 aromatic heterocycles. The molecule has 1 saturated carbocycles. The highest BCUT2D eigenvalue weighted by molar-refractivity contribution is 5.50. The van der Waals surface area contributed by atoms with E-state index in [1.165, 1.54) is 32.1 Å². The second-order valence-electron chi connectivity index (χ2n) is 5.31. The number of nitrogens with zero attached hydrogens (tertiary/aromatic N) is 2. The van der Waals surface area contributed by atoms with Gasteiger partial charge in [0.05, 0.1) is 0 Å². The highest BCUT2D eigenvalue weighted by Crippen LogP contribution is 2.24. The molecular weight excluding hydrogens is 238 g/mol. The fraction of sp³-hybridized carbons (Fsp3) is 0.714. The van der Waals surface area contributed by atoms with Crippen LogP contribution in [0.5, 0.6) is 0 Å². The third-order valence-corrected chi connectivity index (χ3v) is 3.60. The molecule has 1 fully saturated rings. The van der Waals surface area contributed by atoms with E-state index in [1.54, 1.807) is 0 Å². The molecule has 0 bridgehead atoms. The van der Waals surface area contributed by atoms with Crippen LogP contribution in [0.3, 0.4) is 0 Å². The Morgan fingerprint density at radius 3 is 2.53 bits per heavy atom. The normalized spacial score (nSPS) is 16.3. The molecule has 1 heterocycles. The number of anilines is 3. The van der Waals surface area contributed by atoms with Gasteiger partial charge in [-0.05, 0) is 25.2 Å². The molecule has 0 amide bonds. The van der Waals surface area contributed by atoms with E-state index in [4.69, 9.17) is 5.73 Å². The molecule has 5 heteroatoms. The molecule has 5 nitrogen and oxygen atoms in total. The summed E-state index contributed by atoms with van der Waals surface area (Å²) >= 11 is 0. The van der Waals surface area contributed by atoms with Gasteiger partial charge in [-0.15, -0.1) is 0 Å². The molecular formula is C14H25N5. The van der Waals surface area contributed by atoms with Gasteiger partial charge in [0.1, 0.15) is 11.6 Å². The van der Waals surface area contributed by atoms with Crippen LogP contribution >= 0.6 is 0 Å². The Morgan fingerprint density at radius 1 is 1.16 bits per heavy atom. The van der Waals surface area contributed by atoms with Gasteiger partial charge in [-0.1, -0.05) is 26.2 Å². The monoisotopic (exact) mass is 263 g/mol. The van der Waals surface area contributed by atoms with Crippen molar-refractivity contribution in [1.29, 1.82) is 0 Å². The van der Waals surface area contributed by atoms with E-state index in [9.17, 15) is 0 Å². The van der Waals surface area contributed by atoms with Gasteiger partial charge in [0.25, 0.3) is 0 Å². The van der Waals surface area contributed by atoms with Crippen LogP contribution < -0.4 is 16.4 Å². The summed E-state index contributed by atoms with van der Waals surface area (Å²) in [6, 6.07) is 1.94. The average Bonchev–Trinajstić information content (AvgIpc) is 2.43. The first-order valence-electron chi connectivity index (χ1n) is 7.40. The third kappa shape index (κ3) is 4.58. The number of hydrogen-bond acceptors (Lipinski definition) is 5. The average molecular weight is 263 g/mol. The van der Waals surface area contributed by atoms with Gasteiger partial charge < -0.3 is 16.4 Å². The van der Waals surface area contributed by atoms with Gasteiger partial charge in [-0.2, -0.15) is 9.97 Å². The van der Waals surface area contributed by atoms with Crippen molar-refractivity contribution in [2.75, 3.05) is 29.5 Å². The molecule has 4 N–H and O–H groups in total. The lowest BCUT2D eigenvalue weighted by atomic mass is 9.89. The summed E-state index contributed by atoms with van der Waals surface area (Å²) in [5.74, 6) is 2.74. The largest absolute Gasteiger partial charge is 0.370 e. The van der Waals surface area contributed by atoms with Crippen molar-refractivity contribution >= 4 is 17.6 Å². The van der Waals surface area contributed by atoms with E-state index in [0.717, 1.165) is 37.1 Å². The lowest BCUT2D eigenvalue weighted by Crippen LogP contribution is -2.18. The second-order valence-corrected chi connectivity index (χ2v) is 5.31. The molecule has 0 unspecified atom stereocenters. The molecule has 0 atom stereocenters. The first-order valence-corrected chi connectivity index (χ1v) is 7.40. The van der Waals surface area contributed by atoms with Crippen molar-refractivity contribution < 1.29 is 0 Å². The number of nitrogens with one attached hydrogen (secondary N) is 2. The number of nitrogen functional groups attached to an aromatic ring is 1. The first-order chi connectivity index (χ1) is 9.28. The summed E-state index contributed by atoms with van der Waals surface area (Å²) in [5, 5.41) is 6.64. The lowest BCUT2D eigenvalue weighted by Gasteiger charge is -2.22. The minimum atomic E-state index is 0.326. The van der Waals surface area contributed by atoms with Crippen LogP contribution in [0.15, 0.2) is 6.07 Å². The van der Waals surface area contributed by atoms with Crippen LogP contribution in [0.25, 0.3) is 0 Å². The topological polar surface area (TPSA) is 75.9 Å². The van der Waals surface area contributed by atoms with Crippen molar-refractivity contribution in [1.82, 2.24) is 9.97 Å². The maximum atomic E-state index is 5.74. The van der Waals surface area contributed by atoms with Gasteiger partial charge >= 0.3 is 0 Å². The SMILES string of the molecule is CCCNc1cc(NCC2CCCCC2)nc(N)n1. The Hall–Kier alpha value is -1.52. The van der Waals surface area contributed by atoms with Crippen molar-refractivity contribution in [3.8, 4) is 0 Å². The Bertz CT molecular complexity index is 387. The third-order valence-electron chi connectivity index (χ3n) is 3.60. The van der Waals surface area contributed by atoms with Crippen molar-refractivity contribution in [2.24, 2.45) is 5.92 Å². The summed E-state index contributed by atoms with van der Waals surface area (Å²) in [5.41, 5.74) is 5.74. The number of nitrogens with two attached hydrogens (primary N) is 1. The molecule has 0 aliphatic heterocycles. The highest BCUT2D eigenvalue weighted by Gasteiger charge is 2.13. The molecule has 1 aromatic rings. The summed E-state index contributed by atoms with van der Waals surface area (Å²) in [6.45, 7) is 4.02. The summed E-state index contributed by atoms with van der Waals surface area (Å²) in [7, 11) is 0. The highest BCUT2D eigenvalue weighted by atomic mass is 15.1. The van der Waals surface area contributed by atoms with Crippen LogP contribution in [0.1, 0.15) is 45.4 Å². The van der Waals surface area contributed by atoms with Crippen molar-refractivity contribution in [3.63, 3.8) is 0 Å². The molecule has 106 valence electrons. The van der Waals surface area contributed by atoms with E-state index < -0.39 is 0 Å². The van der Waals surface area contributed by atoms with E-state index in [2.05, 4.69) is 27.5 Å². The molecule has 1 aliphatic rings. The summed E-state index contributed by atoms with van der Waals surface area (Å²) in [6.07, 6.45) is 7.84. The minimum Gasteiger partial charge on any atom is -0.370 e. The fourth-order valence-corrected chi connectivity index (χ4v) is 2.54.